The van der Waals surface area contributed by atoms with Crippen LogP contribution in [0.3, 0.4) is 0 Å². The predicted molar refractivity (Wildman–Crippen MR) is 439 cm³/mol. The molecule has 1 aliphatic rings. The number of nitrogens with zero attached hydrogens (tertiary/aromatic N) is 7. The number of unbranched alkanes of at least 4 members (excludes halogenated alkanes) is 3. The molecule has 0 bridgehead atoms. The minimum absolute atomic E-state index is 0. The average Bonchev–Trinajstić information content (AvgIpc) is 1.15. The first kappa shape index (κ1) is 111. The number of imide groups is 1. The number of pyridine rings is 6. The predicted octanol–water partition coefficient (Wildman–Crippen LogP) is -10.4. The Labute approximate surface area is 740 Å². The van der Waals surface area contributed by atoms with Gasteiger partial charge in [-0.05, 0) is 136 Å². The summed E-state index contributed by atoms with van der Waals surface area (Å²) in [5.74, 6) is -13.6. The maximum absolute atomic E-state index is 14.5. The van der Waals surface area contributed by atoms with E-state index in [1.807, 2.05) is 102 Å². The second kappa shape index (κ2) is 59.4. The Bertz CT molecular complexity index is 4100. The number of primary amides is 1. The molecular formula is C81H113N15O30Ru+2. The maximum atomic E-state index is 14.5. The number of nitrogens with one attached hydrogen (secondary N) is 7. The number of amides is 10. The SMILES string of the molecule is Cc1ccncc1.NC(=O)C(CCCCNC(=O)CCCCCN1C(=O)C=CC1=O)NC(=O)C(NC(=O)C(NC(=O)C(NC(=O)C(NC(=O)C(NC(=O)CCCc1ccncc1)C(O)C(O)C(O)CO)C(O)C(O)C(O)CO)C(O)C(O)C(O)CO)C(O)C(O)C(O)CO)C(O)C(O)C(O)CO.[Ru+2].c1ccc(-c2ccccn2)nc1.c1ccc(-c2ccccn2)nc1. The van der Waals surface area contributed by atoms with Crippen LogP contribution in [-0.4, -0.2) is 370 Å². The molecule has 0 aliphatic carbocycles. The van der Waals surface area contributed by atoms with Gasteiger partial charge in [0.1, 0.15) is 128 Å². The van der Waals surface area contributed by atoms with Crippen LogP contribution in [0.25, 0.3) is 22.8 Å². The molecule has 0 saturated heterocycles. The summed E-state index contributed by atoms with van der Waals surface area (Å²) in [7, 11) is 0. The zero-order valence-corrected chi connectivity index (χ0v) is 70.5. The molecule has 0 aromatic carbocycles. The Balaban J connectivity index is 0.00000106. The summed E-state index contributed by atoms with van der Waals surface area (Å²) in [6, 6.07) is 14.2. The molecule has 698 valence electrons. The van der Waals surface area contributed by atoms with Crippen molar-refractivity contribution in [2.24, 2.45) is 5.73 Å². The normalized spacial score (nSPS) is 16.6. The molecule has 6 aromatic heterocycles. The van der Waals surface area contributed by atoms with Crippen molar-refractivity contribution in [2.75, 3.05) is 46.1 Å². The minimum atomic E-state index is -3.08. The van der Waals surface area contributed by atoms with Gasteiger partial charge in [0.2, 0.25) is 47.3 Å². The fraction of sp³-hybridized carbons (Fsp3) is 0.481. The first-order valence-electron chi connectivity index (χ1n) is 39.6. The average molecular weight is 1880 g/mol. The molecule has 46 heteroatoms. The van der Waals surface area contributed by atoms with E-state index in [0.717, 1.165) is 39.8 Å². The molecule has 0 saturated carbocycles. The van der Waals surface area contributed by atoms with Crippen LogP contribution in [0.4, 0.5) is 0 Å². The second-order valence-corrected chi connectivity index (χ2v) is 28.5. The summed E-state index contributed by atoms with van der Waals surface area (Å²) < 4.78 is 0. The number of aliphatic hydroxyl groups excluding tert-OH is 20. The van der Waals surface area contributed by atoms with Crippen molar-refractivity contribution in [3.63, 3.8) is 0 Å². The molecule has 7 rings (SSSR count). The van der Waals surface area contributed by atoms with Crippen LogP contribution < -0.4 is 43.0 Å². The van der Waals surface area contributed by atoms with Gasteiger partial charge in [0.25, 0.3) is 11.8 Å². The number of nitrogens with two attached hydrogens (primary N) is 1. The van der Waals surface area contributed by atoms with E-state index in [4.69, 9.17) is 5.73 Å². The number of carbonyl (C=O) groups is 10. The van der Waals surface area contributed by atoms with E-state index in [9.17, 15) is 150 Å². The smallest absolute Gasteiger partial charge is 0.394 e. The zero-order valence-electron chi connectivity index (χ0n) is 68.7. The number of rotatable bonds is 49. The van der Waals surface area contributed by atoms with Gasteiger partial charge in [0, 0.05) is 87.7 Å². The summed E-state index contributed by atoms with van der Waals surface area (Å²) in [6.45, 7) is -4.79. The number of aromatic nitrogens is 6. The van der Waals surface area contributed by atoms with Crippen molar-refractivity contribution in [1.82, 2.24) is 72.0 Å². The molecule has 127 heavy (non-hydrogen) atoms. The Morgan fingerprint density at radius 3 is 0.976 bits per heavy atom. The molecule has 0 fully saturated rings. The van der Waals surface area contributed by atoms with E-state index < -0.39 is 226 Å². The van der Waals surface area contributed by atoms with Crippen molar-refractivity contribution < 1.29 is 170 Å². The van der Waals surface area contributed by atoms with Gasteiger partial charge in [-0.3, -0.25) is 82.7 Å². The molecule has 21 unspecified atom stereocenters. The van der Waals surface area contributed by atoms with Crippen molar-refractivity contribution in [2.45, 2.75) is 199 Å². The number of hydrogen-bond acceptors (Lipinski definition) is 36. The zero-order chi connectivity index (χ0) is 93.5. The molecule has 10 amide bonds. The molecule has 0 spiro atoms. The number of carbonyl (C=O) groups excluding carboxylic acids is 10. The molecular weight excluding hydrogens is 1760 g/mol. The topological polar surface area (TPSA) is 766 Å². The third-order valence-corrected chi connectivity index (χ3v) is 19.0. The Morgan fingerprint density at radius 2 is 0.677 bits per heavy atom. The van der Waals surface area contributed by atoms with E-state index in [1.54, 1.807) is 70.6 Å². The van der Waals surface area contributed by atoms with Crippen molar-refractivity contribution >= 4 is 59.1 Å². The second-order valence-electron chi connectivity index (χ2n) is 28.5. The third kappa shape index (κ3) is 37.7. The van der Waals surface area contributed by atoms with Crippen molar-refractivity contribution in [1.29, 1.82) is 0 Å². The summed E-state index contributed by atoms with van der Waals surface area (Å²) in [4.78, 5) is 159. The molecule has 0 radical (unpaired) electrons. The molecule has 21 atom stereocenters. The van der Waals surface area contributed by atoms with Crippen molar-refractivity contribution in [3.05, 3.63) is 170 Å². The molecule has 6 aromatic rings. The number of aryl methyl sites for hydroxylation is 2. The quantitative estimate of drug-likeness (QED) is 0.00958. The van der Waals surface area contributed by atoms with E-state index in [2.05, 4.69) is 35.2 Å². The minimum Gasteiger partial charge on any atom is -0.394 e. The van der Waals surface area contributed by atoms with Gasteiger partial charge in [-0.1, -0.05) is 30.7 Å². The Kier molecular flexibility index (Phi) is 51.7. The van der Waals surface area contributed by atoms with Crippen LogP contribution in [-0.2, 0) is 73.8 Å². The van der Waals surface area contributed by atoms with Gasteiger partial charge >= 0.3 is 19.5 Å². The fourth-order valence-electron chi connectivity index (χ4n) is 11.6. The van der Waals surface area contributed by atoms with E-state index in [-0.39, 0.29) is 71.1 Å². The Morgan fingerprint density at radius 1 is 0.362 bits per heavy atom. The van der Waals surface area contributed by atoms with Gasteiger partial charge in [0.05, 0.1) is 55.8 Å². The van der Waals surface area contributed by atoms with Crippen molar-refractivity contribution in [3.8, 4) is 22.8 Å². The first-order chi connectivity index (χ1) is 60.1. The van der Waals surface area contributed by atoms with Crippen LogP contribution in [0.5, 0.6) is 0 Å². The van der Waals surface area contributed by atoms with Crippen LogP contribution in [0.2, 0.25) is 0 Å². The maximum Gasteiger partial charge on any atom is 2.00 e. The molecule has 1 aliphatic heterocycles. The van der Waals surface area contributed by atoms with Gasteiger partial charge in [-0.2, -0.15) is 0 Å². The summed E-state index contributed by atoms with van der Waals surface area (Å²) in [5.41, 5.74) is 11.1. The molecule has 7 heterocycles. The standard InChI is InChI=1S/C55H90N10O30.2C10H8N2.C6H7N.Ru/c56-50(90)25(8-3-4-15-58-31(76)9-2-1-5-18-65-33(78)11-12-34(65)79)59-51(91)36(46(86)41(81)27(72)20-67)61-53(93)38(48(88)43(83)29(74)22-69)63-55(95)39(49(89)44(84)30(75)23-70)64-54(94)37(47(87)42(82)28(73)21-68)62-52(92)35(45(85)40(80)26(71)19-66)60-32(77)10-6-7-24-13-16-57-17-14-24;2*1-3-7-11-9(5-1)10-6-2-4-8-12-10;1-6-2-4-7-5-3-6;/h11-14,16-17,25-30,35-49,66-75,80-89H,1-10,15,18-23H2,(H2,56,90)(H,58,76)(H,59,91)(H,60,77)(H,61,93)(H,62,92)(H,63,95)(H,64,94);2*1-8H;2-5H,1H3;/q;;;;+2. The van der Waals surface area contributed by atoms with E-state index in [1.165, 1.54) is 18.0 Å². The van der Waals surface area contributed by atoms with E-state index >= 15 is 0 Å². The fourth-order valence-corrected chi connectivity index (χ4v) is 11.6. The largest absolute Gasteiger partial charge is 2.00 e. The summed E-state index contributed by atoms with van der Waals surface area (Å²) in [6.07, 6.45) is -23.5. The van der Waals surface area contributed by atoms with Crippen LogP contribution in [0.15, 0.2) is 159 Å². The first-order valence-corrected chi connectivity index (χ1v) is 39.6. The van der Waals surface area contributed by atoms with E-state index in [0.29, 0.717) is 24.8 Å². The van der Waals surface area contributed by atoms with Gasteiger partial charge in [-0.15, -0.1) is 0 Å². The van der Waals surface area contributed by atoms with Crippen LogP contribution >= 0.6 is 0 Å². The van der Waals surface area contributed by atoms with Gasteiger partial charge < -0.3 is 145 Å². The monoisotopic (exact) mass is 1880 g/mol. The van der Waals surface area contributed by atoms with Gasteiger partial charge in [0.15, 0.2) is 0 Å². The summed E-state index contributed by atoms with van der Waals surface area (Å²) >= 11 is 0. The molecule has 45 nitrogen and oxygen atoms in total. The Hall–Kier alpha value is -10.6. The summed E-state index contributed by atoms with van der Waals surface area (Å²) in [5, 5.41) is 223. The van der Waals surface area contributed by atoms with Gasteiger partial charge in [-0.25, -0.2) is 0 Å². The van der Waals surface area contributed by atoms with Crippen LogP contribution in [0, 0.1) is 6.92 Å². The third-order valence-electron chi connectivity index (χ3n) is 19.0. The number of aliphatic hydroxyl groups is 20. The number of hydrogen-bond donors (Lipinski definition) is 28. The molecule has 29 N–H and O–H groups in total. The van der Waals surface area contributed by atoms with Crippen LogP contribution in [0.1, 0.15) is 68.9 Å².